The molecule has 0 radical (unpaired) electrons. The highest BCUT2D eigenvalue weighted by Gasteiger charge is 2.33. The van der Waals surface area contributed by atoms with Crippen LogP contribution in [0.5, 0.6) is 5.75 Å². The van der Waals surface area contributed by atoms with Gasteiger partial charge in [0.25, 0.3) is 0 Å². The molecule has 1 atom stereocenters. The van der Waals surface area contributed by atoms with Crippen LogP contribution in [-0.2, 0) is 11.2 Å². The third kappa shape index (κ3) is 2.30. The Balaban J connectivity index is 2.09. The molecule has 1 aliphatic rings. The smallest absolute Gasteiger partial charge is 0.115 e. The van der Waals surface area contributed by atoms with Crippen molar-refractivity contribution in [3.8, 4) is 5.75 Å². The lowest BCUT2D eigenvalue weighted by molar-refractivity contribution is 0.154. The Hall–Kier alpha value is -1.06. The van der Waals surface area contributed by atoms with Crippen LogP contribution in [0.15, 0.2) is 24.3 Å². The second kappa shape index (κ2) is 4.21. The number of hydrogen-bond acceptors (Lipinski definition) is 3. The van der Waals surface area contributed by atoms with Crippen LogP contribution in [0.4, 0.5) is 0 Å². The van der Waals surface area contributed by atoms with Gasteiger partial charge >= 0.3 is 0 Å². The summed E-state index contributed by atoms with van der Waals surface area (Å²) in [6, 6.07) is 7.33. The summed E-state index contributed by atoms with van der Waals surface area (Å²) in [7, 11) is 0. The molecule has 1 aromatic rings. The van der Waals surface area contributed by atoms with E-state index in [0.29, 0.717) is 12.3 Å². The molecule has 0 saturated carbocycles. The zero-order valence-electron chi connectivity index (χ0n) is 8.78. The van der Waals surface area contributed by atoms with Crippen LogP contribution in [0.1, 0.15) is 12.0 Å². The molecule has 1 aromatic carbocycles. The summed E-state index contributed by atoms with van der Waals surface area (Å²) in [5, 5.41) is 9.19. The van der Waals surface area contributed by atoms with Crippen molar-refractivity contribution in [3.05, 3.63) is 29.8 Å². The zero-order chi connectivity index (χ0) is 10.7. The van der Waals surface area contributed by atoms with Crippen LogP contribution >= 0.6 is 0 Å². The predicted molar refractivity (Wildman–Crippen MR) is 58.7 cm³/mol. The minimum atomic E-state index is 0.108. The maximum absolute atomic E-state index is 9.19. The lowest BCUT2D eigenvalue weighted by Gasteiger charge is -2.25. The first-order valence-corrected chi connectivity index (χ1v) is 5.30. The fraction of sp³-hybridized carbons (Fsp3) is 0.500. The second-order valence-electron chi connectivity index (χ2n) is 4.35. The topological polar surface area (TPSA) is 55.5 Å². The number of aromatic hydroxyl groups is 1. The highest BCUT2D eigenvalue weighted by molar-refractivity contribution is 5.26. The van der Waals surface area contributed by atoms with E-state index < -0.39 is 0 Å². The summed E-state index contributed by atoms with van der Waals surface area (Å²) in [6.45, 7) is 2.23. The van der Waals surface area contributed by atoms with E-state index in [1.807, 2.05) is 12.1 Å². The van der Waals surface area contributed by atoms with Gasteiger partial charge < -0.3 is 15.6 Å². The molecule has 82 valence electrons. The fourth-order valence-corrected chi connectivity index (χ4v) is 2.07. The average Bonchev–Trinajstić information content (AvgIpc) is 2.71. The number of nitrogens with two attached hydrogens (primary N) is 1. The predicted octanol–water partition coefficient (Wildman–Crippen LogP) is 1.30. The molecule has 3 nitrogen and oxygen atoms in total. The Labute approximate surface area is 89.9 Å². The van der Waals surface area contributed by atoms with E-state index in [1.54, 1.807) is 12.1 Å². The van der Waals surface area contributed by atoms with E-state index in [-0.39, 0.29) is 5.41 Å². The van der Waals surface area contributed by atoms with Crippen LogP contribution in [0, 0.1) is 5.41 Å². The van der Waals surface area contributed by atoms with Crippen LogP contribution in [-0.4, -0.2) is 24.9 Å². The molecule has 0 amide bonds. The number of hydrogen-bond donors (Lipinski definition) is 2. The SMILES string of the molecule is NCC1(Cc2ccc(O)cc2)CCOC1. The summed E-state index contributed by atoms with van der Waals surface area (Å²) in [5.74, 6) is 0.309. The standard InChI is InChI=1S/C12H17NO2/c13-8-12(5-6-15-9-12)7-10-1-3-11(14)4-2-10/h1-4,14H,5-9,13H2. The quantitative estimate of drug-likeness (QED) is 0.785. The van der Waals surface area contributed by atoms with Crippen molar-refractivity contribution in [1.29, 1.82) is 0 Å². The van der Waals surface area contributed by atoms with E-state index in [2.05, 4.69) is 0 Å². The summed E-state index contributed by atoms with van der Waals surface area (Å²) in [4.78, 5) is 0. The van der Waals surface area contributed by atoms with E-state index in [9.17, 15) is 5.11 Å². The Morgan fingerprint density at radius 3 is 2.60 bits per heavy atom. The normalized spacial score (nSPS) is 25.7. The van der Waals surface area contributed by atoms with Crippen molar-refractivity contribution in [2.45, 2.75) is 12.8 Å². The highest BCUT2D eigenvalue weighted by Crippen LogP contribution is 2.31. The van der Waals surface area contributed by atoms with Gasteiger partial charge in [-0.05, 0) is 30.5 Å². The monoisotopic (exact) mass is 207 g/mol. The lowest BCUT2D eigenvalue weighted by atomic mass is 9.81. The van der Waals surface area contributed by atoms with Gasteiger partial charge in [-0.2, -0.15) is 0 Å². The number of rotatable bonds is 3. The molecule has 0 aliphatic carbocycles. The van der Waals surface area contributed by atoms with Gasteiger partial charge in [-0.3, -0.25) is 0 Å². The Morgan fingerprint density at radius 1 is 1.33 bits per heavy atom. The van der Waals surface area contributed by atoms with E-state index >= 15 is 0 Å². The molecule has 3 N–H and O–H groups in total. The van der Waals surface area contributed by atoms with E-state index in [0.717, 1.165) is 26.1 Å². The first-order valence-electron chi connectivity index (χ1n) is 5.30. The van der Waals surface area contributed by atoms with Crippen molar-refractivity contribution >= 4 is 0 Å². The van der Waals surface area contributed by atoms with Gasteiger partial charge in [0.05, 0.1) is 6.61 Å². The first-order chi connectivity index (χ1) is 7.24. The van der Waals surface area contributed by atoms with Gasteiger partial charge in [0.1, 0.15) is 5.75 Å². The van der Waals surface area contributed by atoms with Crippen molar-refractivity contribution in [1.82, 2.24) is 0 Å². The molecule has 1 heterocycles. The van der Waals surface area contributed by atoms with Gasteiger partial charge in [0.2, 0.25) is 0 Å². The molecule has 1 unspecified atom stereocenters. The Kier molecular flexibility index (Phi) is 2.93. The van der Waals surface area contributed by atoms with Gasteiger partial charge in [-0.15, -0.1) is 0 Å². The Morgan fingerprint density at radius 2 is 2.07 bits per heavy atom. The van der Waals surface area contributed by atoms with Gasteiger partial charge in [0, 0.05) is 18.6 Å². The van der Waals surface area contributed by atoms with Gasteiger partial charge in [0.15, 0.2) is 0 Å². The van der Waals surface area contributed by atoms with Crippen LogP contribution in [0.25, 0.3) is 0 Å². The van der Waals surface area contributed by atoms with Crippen LogP contribution < -0.4 is 5.73 Å². The summed E-state index contributed by atoms with van der Waals surface area (Å²) in [5.41, 5.74) is 7.14. The molecule has 1 saturated heterocycles. The fourth-order valence-electron chi connectivity index (χ4n) is 2.07. The number of ether oxygens (including phenoxy) is 1. The average molecular weight is 207 g/mol. The van der Waals surface area contributed by atoms with Crippen molar-refractivity contribution in [3.63, 3.8) is 0 Å². The largest absolute Gasteiger partial charge is 0.508 e. The summed E-state index contributed by atoms with van der Waals surface area (Å²) < 4.78 is 5.42. The van der Waals surface area contributed by atoms with Gasteiger partial charge in [-0.1, -0.05) is 12.1 Å². The molecule has 1 aliphatic heterocycles. The maximum Gasteiger partial charge on any atom is 0.115 e. The van der Waals surface area contributed by atoms with E-state index in [4.69, 9.17) is 10.5 Å². The molecule has 3 heteroatoms. The molecular weight excluding hydrogens is 190 g/mol. The van der Waals surface area contributed by atoms with E-state index in [1.165, 1.54) is 5.56 Å². The van der Waals surface area contributed by atoms with Crippen molar-refractivity contribution in [2.75, 3.05) is 19.8 Å². The minimum absolute atomic E-state index is 0.108. The highest BCUT2D eigenvalue weighted by atomic mass is 16.5. The summed E-state index contributed by atoms with van der Waals surface area (Å²) in [6.07, 6.45) is 1.97. The van der Waals surface area contributed by atoms with Crippen molar-refractivity contribution in [2.24, 2.45) is 11.1 Å². The lowest BCUT2D eigenvalue weighted by Crippen LogP contribution is -2.33. The van der Waals surface area contributed by atoms with Crippen LogP contribution in [0.3, 0.4) is 0 Å². The van der Waals surface area contributed by atoms with Crippen molar-refractivity contribution < 1.29 is 9.84 Å². The molecule has 0 spiro atoms. The summed E-state index contributed by atoms with van der Waals surface area (Å²) >= 11 is 0. The third-order valence-electron chi connectivity index (χ3n) is 3.13. The minimum Gasteiger partial charge on any atom is -0.508 e. The second-order valence-corrected chi connectivity index (χ2v) is 4.35. The third-order valence-corrected chi connectivity index (χ3v) is 3.13. The number of benzene rings is 1. The van der Waals surface area contributed by atoms with Gasteiger partial charge in [-0.25, -0.2) is 0 Å². The Bertz CT molecular complexity index is 315. The molecular formula is C12H17NO2. The molecule has 0 aromatic heterocycles. The maximum atomic E-state index is 9.19. The number of phenolic OH excluding ortho intramolecular Hbond substituents is 1. The first kappa shape index (κ1) is 10.5. The van der Waals surface area contributed by atoms with Crippen LogP contribution in [0.2, 0.25) is 0 Å². The zero-order valence-corrected chi connectivity index (χ0v) is 8.78. The number of phenols is 1. The molecule has 2 rings (SSSR count). The molecule has 1 fully saturated rings. The molecule has 0 bridgehead atoms. The molecule has 15 heavy (non-hydrogen) atoms.